The number of anilines is 3. The molecule has 5 heteroatoms. The van der Waals surface area contributed by atoms with Crippen LogP contribution in [0.15, 0.2) is 60.8 Å². The summed E-state index contributed by atoms with van der Waals surface area (Å²) in [5, 5.41) is 14.4. The van der Waals surface area contributed by atoms with Crippen molar-refractivity contribution in [2.24, 2.45) is 0 Å². The molecule has 0 aliphatic heterocycles. The molecule has 0 fully saturated rings. The van der Waals surface area contributed by atoms with Crippen molar-refractivity contribution < 1.29 is 0 Å². The molecule has 0 amide bonds. The molecular weight excluding hydrogens is 286 g/mol. The van der Waals surface area contributed by atoms with Gasteiger partial charge in [0.05, 0.1) is 6.20 Å². The molecule has 2 N–H and O–H groups in total. The maximum atomic E-state index is 4.43. The van der Waals surface area contributed by atoms with E-state index < -0.39 is 0 Å². The molecule has 23 heavy (non-hydrogen) atoms. The zero-order valence-corrected chi connectivity index (χ0v) is 13.0. The van der Waals surface area contributed by atoms with Gasteiger partial charge in [0.2, 0.25) is 5.95 Å². The number of aryl methyl sites for hydroxylation is 1. The van der Waals surface area contributed by atoms with Gasteiger partial charge in [-0.1, -0.05) is 49.4 Å². The predicted octanol–water partition coefficient (Wildman–Crippen LogP) is 3.79. The first-order valence-corrected chi connectivity index (χ1v) is 7.67. The van der Waals surface area contributed by atoms with E-state index in [0.717, 1.165) is 12.1 Å². The molecule has 0 aliphatic rings. The number of nitrogens with zero attached hydrogens (tertiary/aromatic N) is 3. The fourth-order valence-corrected chi connectivity index (χ4v) is 2.19. The summed E-state index contributed by atoms with van der Waals surface area (Å²) in [5.41, 5.74) is 3.46. The Hall–Kier alpha value is -2.95. The summed E-state index contributed by atoms with van der Waals surface area (Å²) < 4.78 is 0. The topological polar surface area (TPSA) is 62.7 Å². The summed E-state index contributed by atoms with van der Waals surface area (Å²) in [6.45, 7) is 2.80. The summed E-state index contributed by atoms with van der Waals surface area (Å²) in [5.74, 6) is 1.17. The summed E-state index contributed by atoms with van der Waals surface area (Å²) in [4.78, 5) is 4.43. The Morgan fingerprint density at radius 3 is 2.43 bits per heavy atom. The zero-order valence-electron chi connectivity index (χ0n) is 13.0. The second-order valence-corrected chi connectivity index (χ2v) is 5.18. The van der Waals surface area contributed by atoms with E-state index >= 15 is 0 Å². The Bertz CT molecular complexity index is 741. The van der Waals surface area contributed by atoms with Crippen LogP contribution in [0.2, 0.25) is 0 Å². The van der Waals surface area contributed by atoms with Gasteiger partial charge >= 0.3 is 0 Å². The molecule has 5 nitrogen and oxygen atoms in total. The molecule has 3 aromatic rings. The smallest absolute Gasteiger partial charge is 0.244 e. The van der Waals surface area contributed by atoms with E-state index in [4.69, 9.17) is 0 Å². The van der Waals surface area contributed by atoms with Crippen LogP contribution in [0.1, 0.15) is 18.1 Å². The molecule has 0 saturated heterocycles. The Morgan fingerprint density at radius 2 is 1.70 bits per heavy atom. The summed E-state index contributed by atoms with van der Waals surface area (Å²) in [7, 11) is 0. The molecule has 1 heterocycles. The van der Waals surface area contributed by atoms with Gasteiger partial charge in [-0.3, -0.25) is 0 Å². The zero-order chi connectivity index (χ0) is 15.9. The normalized spacial score (nSPS) is 10.3. The maximum Gasteiger partial charge on any atom is 0.244 e. The second kappa shape index (κ2) is 7.35. The van der Waals surface area contributed by atoms with Crippen molar-refractivity contribution >= 4 is 17.5 Å². The third-order valence-electron chi connectivity index (χ3n) is 3.49. The number of nitrogens with one attached hydrogen (secondary N) is 2. The molecule has 0 saturated carbocycles. The third-order valence-corrected chi connectivity index (χ3v) is 3.49. The molecule has 0 spiro atoms. The lowest BCUT2D eigenvalue weighted by Crippen LogP contribution is -2.06. The van der Waals surface area contributed by atoms with Crippen molar-refractivity contribution in [2.45, 2.75) is 19.9 Å². The van der Waals surface area contributed by atoms with E-state index in [1.165, 1.54) is 11.1 Å². The second-order valence-electron chi connectivity index (χ2n) is 5.18. The van der Waals surface area contributed by atoms with Crippen LogP contribution in [0.5, 0.6) is 0 Å². The summed E-state index contributed by atoms with van der Waals surface area (Å²) in [6.07, 6.45) is 2.64. The highest BCUT2D eigenvalue weighted by molar-refractivity contribution is 5.56. The van der Waals surface area contributed by atoms with Crippen LogP contribution in [0.4, 0.5) is 17.5 Å². The van der Waals surface area contributed by atoms with E-state index in [1.807, 2.05) is 30.3 Å². The molecule has 2 aromatic carbocycles. The molecule has 3 rings (SSSR count). The molecule has 0 aliphatic carbocycles. The van der Waals surface area contributed by atoms with Gasteiger partial charge in [0.1, 0.15) is 0 Å². The summed E-state index contributed by atoms with van der Waals surface area (Å²) >= 11 is 0. The lowest BCUT2D eigenvalue weighted by molar-refractivity contribution is 0.949. The first kappa shape index (κ1) is 15.0. The first-order chi connectivity index (χ1) is 11.3. The first-order valence-electron chi connectivity index (χ1n) is 7.67. The fourth-order valence-electron chi connectivity index (χ4n) is 2.19. The lowest BCUT2D eigenvalue weighted by Gasteiger charge is -2.08. The standard InChI is InChI=1S/C18H19N5/c1-2-14-8-10-16(11-9-14)21-17-13-20-23-18(22-17)19-12-15-6-4-3-5-7-15/h3-11,13H,2,12H2,1H3,(H2,19,21,22,23). The van der Waals surface area contributed by atoms with Crippen molar-refractivity contribution in [3.8, 4) is 0 Å². The van der Waals surface area contributed by atoms with Gasteiger partial charge in [-0.05, 0) is 29.7 Å². The Labute approximate surface area is 135 Å². The number of benzene rings is 2. The molecule has 0 radical (unpaired) electrons. The highest BCUT2D eigenvalue weighted by Gasteiger charge is 2.01. The van der Waals surface area contributed by atoms with Gasteiger partial charge in [-0.15, -0.1) is 5.10 Å². The molecular formula is C18H19N5. The van der Waals surface area contributed by atoms with Gasteiger partial charge in [-0.2, -0.15) is 10.1 Å². The van der Waals surface area contributed by atoms with Gasteiger partial charge in [0, 0.05) is 12.2 Å². The average molecular weight is 305 g/mol. The van der Waals surface area contributed by atoms with Crippen molar-refractivity contribution in [2.75, 3.05) is 10.6 Å². The van der Waals surface area contributed by atoms with E-state index in [1.54, 1.807) is 6.20 Å². The van der Waals surface area contributed by atoms with Gasteiger partial charge in [0.25, 0.3) is 0 Å². The van der Waals surface area contributed by atoms with Crippen molar-refractivity contribution in [1.29, 1.82) is 0 Å². The van der Waals surface area contributed by atoms with Gasteiger partial charge < -0.3 is 10.6 Å². The molecule has 0 unspecified atom stereocenters. The third kappa shape index (κ3) is 4.26. The van der Waals surface area contributed by atoms with Crippen LogP contribution < -0.4 is 10.6 Å². The van der Waals surface area contributed by atoms with E-state index in [0.29, 0.717) is 18.3 Å². The van der Waals surface area contributed by atoms with E-state index in [2.05, 4.69) is 57.0 Å². The van der Waals surface area contributed by atoms with Crippen molar-refractivity contribution in [1.82, 2.24) is 15.2 Å². The number of hydrogen-bond donors (Lipinski definition) is 2. The Morgan fingerprint density at radius 1 is 0.913 bits per heavy atom. The number of rotatable bonds is 6. The maximum absolute atomic E-state index is 4.43. The SMILES string of the molecule is CCc1ccc(Nc2cnnc(NCc3ccccc3)n2)cc1. The molecule has 116 valence electrons. The highest BCUT2D eigenvalue weighted by atomic mass is 15.3. The quantitative estimate of drug-likeness (QED) is 0.725. The minimum absolute atomic E-state index is 0.504. The van der Waals surface area contributed by atoms with Gasteiger partial charge in [0.15, 0.2) is 5.82 Å². The summed E-state index contributed by atoms with van der Waals surface area (Å²) in [6, 6.07) is 18.4. The Kier molecular flexibility index (Phi) is 4.79. The molecule has 1 aromatic heterocycles. The van der Waals surface area contributed by atoms with Crippen LogP contribution in [0, 0.1) is 0 Å². The van der Waals surface area contributed by atoms with Crippen LogP contribution in [0.25, 0.3) is 0 Å². The minimum atomic E-state index is 0.504. The number of aromatic nitrogens is 3. The van der Waals surface area contributed by atoms with Crippen molar-refractivity contribution in [3.63, 3.8) is 0 Å². The molecule has 0 bridgehead atoms. The van der Waals surface area contributed by atoms with Crippen LogP contribution in [0.3, 0.4) is 0 Å². The average Bonchev–Trinajstić information content (AvgIpc) is 2.62. The minimum Gasteiger partial charge on any atom is -0.349 e. The van der Waals surface area contributed by atoms with E-state index in [9.17, 15) is 0 Å². The van der Waals surface area contributed by atoms with Crippen LogP contribution in [-0.2, 0) is 13.0 Å². The predicted molar refractivity (Wildman–Crippen MR) is 92.7 cm³/mol. The fraction of sp³-hybridized carbons (Fsp3) is 0.167. The van der Waals surface area contributed by atoms with Crippen molar-refractivity contribution in [3.05, 3.63) is 71.9 Å². The van der Waals surface area contributed by atoms with E-state index in [-0.39, 0.29) is 0 Å². The highest BCUT2D eigenvalue weighted by Crippen LogP contribution is 2.15. The molecule has 0 atom stereocenters. The lowest BCUT2D eigenvalue weighted by atomic mass is 10.1. The van der Waals surface area contributed by atoms with Crippen LogP contribution >= 0.6 is 0 Å². The van der Waals surface area contributed by atoms with Crippen LogP contribution in [-0.4, -0.2) is 15.2 Å². The Balaban J connectivity index is 1.64. The van der Waals surface area contributed by atoms with Gasteiger partial charge in [-0.25, -0.2) is 0 Å². The monoisotopic (exact) mass is 305 g/mol. The largest absolute Gasteiger partial charge is 0.349 e. The number of hydrogen-bond acceptors (Lipinski definition) is 5.